The van der Waals surface area contributed by atoms with E-state index in [1.165, 1.54) is 11.7 Å². The molecule has 22 heavy (non-hydrogen) atoms. The maximum atomic E-state index is 12.8. The second kappa shape index (κ2) is 6.93. The first-order valence-electron chi connectivity index (χ1n) is 7.05. The van der Waals surface area contributed by atoms with Gasteiger partial charge in [-0.05, 0) is 38.1 Å². The molecule has 0 aliphatic heterocycles. The minimum Gasteiger partial charge on any atom is -0.497 e. The van der Waals surface area contributed by atoms with Crippen molar-refractivity contribution in [2.75, 3.05) is 14.2 Å². The van der Waals surface area contributed by atoms with Gasteiger partial charge in [-0.1, -0.05) is 6.07 Å². The van der Waals surface area contributed by atoms with Crippen LogP contribution in [0.15, 0.2) is 47.6 Å². The lowest BCUT2D eigenvalue weighted by molar-refractivity contribution is 0.0951. The summed E-state index contributed by atoms with van der Waals surface area (Å²) in [6, 6.07) is 10.7. The lowest BCUT2D eigenvalue weighted by atomic mass is 10.1. The first kappa shape index (κ1) is 15.8. The predicted molar refractivity (Wildman–Crippen MR) is 84.4 cm³/mol. The standard InChI is InChI=1S/C17H20N2O3/c1-12(2)18-16-7-5-6-10-19(16)17(20)14-9-8-13(21-3)11-15(14)22-4/h5-12H,1-4H3. The van der Waals surface area contributed by atoms with Crippen molar-refractivity contribution in [1.29, 1.82) is 0 Å². The van der Waals surface area contributed by atoms with Crippen molar-refractivity contribution >= 4 is 5.91 Å². The van der Waals surface area contributed by atoms with E-state index in [2.05, 4.69) is 4.99 Å². The molecule has 0 aliphatic carbocycles. The van der Waals surface area contributed by atoms with E-state index in [4.69, 9.17) is 9.47 Å². The second-order valence-electron chi connectivity index (χ2n) is 5.02. The predicted octanol–water partition coefficient (Wildman–Crippen LogP) is 2.50. The summed E-state index contributed by atoms with van der Waals surface area (Å²) in [5.41, 5.74) is 1.07. The molecule has 1 aromatic carbocycles. The Morgan fingerprint density at radius 2 is 1.91 bits per heavy atom. The quantitative estimate of drug-likeness (QED) is 0.871. The van der Waals surface area contributed by atoms with E-state index < -0.39 is 0 Å². The Hall–Kier alpha value is -2.56. The molecular formula is C17H20N2O3. The van der Waals surface area contributed by atoms with Crippen molar-refractivity contribution in [2.45, 2.75) is 19.9 Å². The number of hydrogen-bond acceptors (Lipinski definition) is 4. The zero-order chi connectivity index (χ0) is 16.1. The van der Waals surface area contributed by atoms with Crippen LogP contribution in [0.2, 0.25) is 0 Å². The number of carbonyl (C=O) groups excluding carboxylic acids is 1. The average Bonchev–Trinajstić information content (AvgIpc) is 2.53. The molecular weight excluding hydrogens is 280 g/mol. The van der Waals surface area contributed by atoms with Gasteiger partial charge in [0.05, 0.1) is 19.8 Å². The summed E-state index contributed by atoms with van der Waals surface area (Å²) in [4.78, 5) is 17.3. The Bertz CT molecular complexity index is 733. The van der Waals surface area contributed by atoms with Crippen LogP contribution in [0.5, 0.6) is 11.5 Å². The summed E-state index contributed by atoms with van der Waals surface area (Å²) in [5, 5.41) is 0. The van der Waals surface area contributed by atoms with Gasteiger partial charge in [-0.15, -0.1) is 0 Å². The molecule has 5 heteroatoms. The van der Waals surface area contributed by atoms with Crippen molar-refractivity contribution in [3.05, 3.63) is 53.6 Å². The first-order valence-corrected chi connectivity index (χ1v) is 7.05. The molecule has 0 saturated heterocycles. The molecule has 0 spiro atoms. The fraction of sp³-hybridized carbons (Fsp3) is 0.294. The highest BCUT2D eigenvalue weighted by Crippen LogP contribution is 2.25. The molecule has 5 nitrogen and oxygen atoms in total. The maximum Gasteiger partial charge on any atom is 0.267 e. The number of carbonyl (C=O) groups is 1. The van der Waals surface area contributed by atoms with Gasteiger partial charge in [0, 0.05) is 18.3 Å². The third-order valence-corrected chi connectivity index (χ3v) is 3.09. The number of aromatic nitrogens is 1. The molecule has 0 amide bonds. The van der Waals surface area contributed by atoms with E-state index in [9.17, 15) is 4.79 Å². The SMILES string of the molecule is COc1ccc(C(=O)n2ccccc2=NC(C)C)c(OC)c1. The summed E-state index contributed by atoms with van der Waals surface area (Å²) >= 11 is 0. The van der Waals surface area contributed by atoms with E-state index in [-0.39, 0.29) is 11.9 Å². The fourth-order valence-electron chi connectivity index (χ4n) is 2.08. The zero-order valence-electron chi connectivity index (χ0n) is 13.2. The van der Waals surface area contributed by atoms with E-state index in [0.717, 1.165) is 0 Å². The van der Waals surface area contributed by atoms with Crippen molar-refractivity contribution in [3.8, 4) is 11.5 Å². The molecule has 0 unspecified atom stereocenters. The summed E-state index contributed by atoms with van der Waals surface area (Å²) in [6.07, 6.45) is 1.70. The summed E-state index contributed by atoms with van der Waals surface area (Å²) < 4.78 is 12.0. The van der Waals surface area contributed by atoms with Crippen LogP contribution in [0, 0.1) is 0 Å². The minimum absolute atomic E-state index is 0.0965. The highest BCUT2D eigenvalue weighted by molar-refractivity contribution is 5.98. The van der Waals surface area contributed by atoms with Gasteiger partial charge in [0.25, 0.3) is 5.91 Å². The van der Waals surface area contributed by atoms with Crippen molar-refractivity contribution in [3.63, 3.8) is 0 Å². The van der Waals surface area contributed by atoms with Crippen LogP contribution in [0.1, 0.15) is 24.2 Å². The van der Waals surface area contributed by atoms with Gasteiger partial charge in [-0.25, -0.2) is 0 Å². The van der Waals surface area contributed by atoms with Crippen molar-refractivity contribution in [1.82, 2.24) is 4.57 Å². The molecule has 1 heterocycles. The maximum absolute atomic E-state index is 12.8. The van der Waals surface area contributed by atoms with Gasteiger partial charge in [0.1, 0.15) is 17.0 Å². The molecule has 0 aliphatic rings. The van der Waals surface area contributed by atoms with Gasteiger partial charge < -0.3 is 9.47 Å². The van der Waals surface area contributed by atoms with Crippen LogP contribution >= 0.6 is 0 Å². The number of methoxy groups -OCH3 is 2. The van der Waals surface area contributed by atoms with Gasteiger partial charge in [0.15, 0.2) is 0 Å². The summed E-state index contributed by atoms with van der Waals surface area (Å²) in [7, 11) is 3.10. The van der Waals surface area contributed by atoms with Gasteiger partial charge in [0.2, 0.25) is 0 Å². The van der Waals surface area contributed by atoms with E-state index in [0.29, 0.717) is 22.6 Å². The van der Waals surface area contributed by atoms with Crippen molar-refractivity contribution < 1.29 is 14.3 Å². The molecule has 0 fully saturated rings. The Balaban J connectivity index is 2.54. The molecule has 116 valence electrons. The van der Waals surface area contributed by atoms with Crippen LogP contribution in [-0.4, -0.2) is 30.7 Å². The minimum atomic E-state index is -0.195. The molecule has 0 radical (unpaired) electrons. The number of hydrogen-bond donors (Lipinski definition) is 0. The third-order valence-electron chi connectivity index (χ3n) is 3.09. The van der Waals surface area contributed by atoms with Crippen LogP contribution in [0.4, 0.5) is 0 Å². The Kier molecular flexibility index (Phi) is 4.99. The van der Waals surface area contributed by atoms with E-state index in [1.54, 1.807) is 37.6 Å². The largest absolute Gasteiger partial charge is 0.497 e. The van der Waals surface area contributed by atoms with Gasteiger partial charge >= 0.3 is 0 Å². The topological polar surface area (TPSA) is 52.8 Å². The van der Waals surface area contributed by atoms with Crippen LogP contribution < -0.4 is 15.0 Å². The molecule has 2 rings (SSSR count). The molecule has 0 N–H and O–H groups in total. The summed E-state index contributed by atoms with van der Waals surface area (Å²) in [6.45, 7) is 3.94. The average molecular weight is 300 g/mol. The monoisotopic (exact) mass is 300 g/mol. The second-order valence-corrected chi connectivity index (χ2v) is 5.02. The molecule has 2 aromatic rings. The Labute approximate surface area is 129 Å². The molecule has 0 atom stereocenters. The first-order chi connectivity index (χ1) is 10.6. The van der Waals surface area contributed by atoms with Crippen LogP contribution in [0.25, 0.3) is 0 Å². The number of rotatable bonds is 4. The number of nitrogens with zero attached hydrogens (tertiary/aromatic N) is 2. The summed E-state index contributed by atoms with van der Waals surface area (Å²) in [5.74, 6) is 0.911. The third kappa shape index (κ3) is 3.36. The molecule has 1 aromatic heterocycles. The lowest BCUT2D eigenvalue weighted by Crippen LogP contribution is -2.28. The van der Waals surface area contributed by atoms with E-state index >= 15 is 0 Å². The number of benzene rings is 1. The normalized spacial score (nSPS) is 11.6. The number of pyridine rings is 1. The number of ether oxygens (including phenoxy) is 2. The lowest BCUT2D eigenvalue weighted by Gasteiger charge is -2.11. The smallest absolute Gasteiger partial charge is 0.267 e. The zero-order valence-corrected chi connectivity index (χ0v) is 13.2. The highest BCUT2D eigenvalue weighted by atomic mass is 16.5. The Morgan fingerprint density at radius 1 is 1.14 bits per heavy atom. The van der Waals surface area contributed by atoms with Crippen molar-refractivity contribution in [2.24, 2.45) is 4.99 Å². The fourth-order valence-corrected chi connectivity index (χ4v) is 2.08. The molecule has 0 bridgehead atoms. The Morgan fingerprint density at radius 3 is 2.55 bits per heavy atom. The van der Waals surface area contributed by atoms with Gasteiger partial charge in [-0.3, -0.25) is 14.4 Å². The van der Waals surface area contributed by atoms with Crippen LogP contribution in [0.3, 0.4) is 0 Å². The molecule has 0 saturated carbocycles. The van der Waals surface area contributed by atoms with Gasteiger partial charge in [-0.2, -0.15) is 0 Å². The van der Waals surface area contributed by atoms with Crippen LogP contribution in [-0.2, 0) is 0 Å². The highest BCUT2D eigenvalue weighted by Gasteiger charge is 2.15. The van der Waals surface area contributed by atoms with E-state index in [1.807, 2.05) is 26.0 Å².